The van der Waals surface area contributed by atoms with Gasteiger partial charge in [0, 0.05) is 13.1 Å². The Morgan fingerprint density at radius 1 is 1.47 bits per heavy atom. The van der Waals surface area contributed by atoms with Crippen molar-refractivity contribution in [1.82, 2.24) is 20.4 Å². The van der Waals surface area contributed by atoms with E-state index in [1.165, 1.54) is 0 Å². The number of urea groups is 1. The highest BCUT2D eigenvalue weighted by molar-refractivity contribution is 5.74. The minimum Gasteiger partial charge on any atom is -0.337 e. The van der Waals surface area contributed by atoms with E-state index in [0.29, 0.717) is 0 Å². The van der Waals surface area contributed by atoms with Crippen LogP contribution in [0.5, 0.6) is 0 Å². The van der Waals surface area contributed by atoms with Gasteiger partial charge in [-0.1, -0.05) is 5.16 Å². The molecule has 2 rings (SSSR count). The van der Waals surface area contributed by atoms with Crippen molar-refractivity contribution in [3.63, 3.8) is 0 Å². The molecule has 2 heterocycles. The zero-order valence-corrected chi connectivity index (χ0v) is 9.03. The molecule has 8 heteroatoms. The van der Waals surface area contributed by atoms with E-state index in [-0.39, 0.29) is 18.5 Å². The van der Waals surface area contributed by atoms with Crippen LogP contribution < -0.4 is 5.32 Å². The van der Waals surface area contributed by atoms with Crippen molar-refractivity contribution in [1.29, 1.82) is 0 Å². The van der Waals surface area contributed by atoms with Crippen molar-refractivity contribution < 1.29 is 18.1 Å². The molecule has 1 aromatic rings. The second kappa shape index (κ2) is 5.07. The SMILES string of the molecule is O=C(NCc1nc(C(F)F)no1)N1CCCC1. The summed E-state index contributed by atoms with van der Waals surface area (Å²) in [5.74, 6) is -0.678. The van der Waals surface area contributed by atoms with E-state index in [1.807, 2.05) is 0 Å². The number of hydrogen-bond donors (Lipinski definition) is 1. The molecule has 1 aromatic heterocycles. The Bertz CT molecular complexity index is 390. The average molecular weight is 246 g/mol. The molecule has 6 nitrogen and oxygen atoms in total. The third-order valence-corrected chi connectivity index (χ3v) is 2.46. The molecule has 0 aliphatic carbocycles. The topological polar surface area (TPSA) is 71.3 Å². The molecule has 0 saturated carbocycles. The van der Waals surface area contributed by atoms with Crippen molar-refractivity contribution in [2.24, 2.45) is 0 Å². The average Bonchev–Trinajstić information content (AvgIpc) is 2.97. The molecule has 0 radical (unpaired) electrons. The van der Waals surface area contributed by atoms with Crippen molar-refractivity contribution in [2.45, 2.75) is 25.8 Å². The highest BCUT2D eigenvalue weighted by Crippen LogP contribution is 2.14. The summed E-state index contributed by atoms with van der Waals surface area (Å²) in [4.78, 5) is 16.6. The van der Waals surface area contributed by atoms with Gasteiger partial charge in [-0.3, -0.25) is 0 Å². The molecule has 2 amide bonds. The van der Waals surface area contributed by atoms with Gasteiger partial charge in [0.1, 0.15) is 0 Å². The van der Waals surface area contributed by atoms with Gasteiger partial charge in [0.15, 0.2) is 0 Å². The number of likely N-dealkylation sites (tertiary alicyclic amines) is 1. The first-order valence-corrected chi connectivity index (χ1v) is 5.30. The number of rotatable bonds is 3. The maximum atomic E-state index is 12.1. The van der Waals surface area contributed by atoms with Gasteiger partial charge in [-0.2, -0.15) is 4.98 Å². The fourth-order valence-electron chi connectivity index (χ4n) is 1.61. The standard InChI is InChI=1S/C9H12F2N4O2/c10-7(11)8-13-6(17-14-8)5-12-9(16)15-3-1-2-4-15/h7H,1-5H2,(H,12,16). The van der Waals surface area contributed by atoms with Crippen LogP contribution in [-0.2, 0) is 6.54 Å². The maximum Gasteiger partial charge on any atom is 0.317 e. The molecule has 94 valence electrons. The minimum absolute atomic E-state index is 0.0205. The lowest BCUT2D eigenvalue weighted by Gasteiger charge is -2.14. The van der Waals surface area contributed by atoms with Crippen LogP contribution in [0.1, 0.15) is 31.0 Å². The molecule has 1 N–H and O–H groups in total. The van der Waals surface area contributed by atoms with E-state index >= 15 is 0 Å². The number of carbonyl (C=O) groups is 1. The molecule has 1 fully saturated rings. The van der Waals surface area contributed by atoms with Gasteiger partial charge in [-0.05, 0) is 12.8 Å². The van der Waals surface area contributed by atoms with Crippen LogP contribution in [0.15, 0.2) is 4.52 Å². The lowest BCUT2D eigenvalue weighted by molar-refractivity contribution is 0.136. The van der Waals surface area contributed by atoms with E-state index in [0.717, 1.165) is 25.9 Å². The molecule has 1 aliphatic heterocycles. The Balaban J connectivity index is 1.82. The molecule has 0 spiro atoms. The second-order valence-electron chi connectivity index (χ2n) is 3.70. The Labute approximate surface area is 96.0 Å². The zero-order chi connectivity index (χ0) is 12.3. The first-order chi connectivity index (χ1) is 8.16. The maximum absolute atomic E-state index is 12.1. The van der Waals surface area contributed by atoms with Crippen LogP contribution in [0.3, 0.4) is 0 Å². The van der Waals surface area contributed by atoms with Gasteiger partial charge < -0.3 is 14.7 Å². The normalized spacial score (nSPS) is 15.6. The summed E-state index contributed by atoms with van der Waals surface area (Å²) < 4.78 is 28.9. The van der Waals surface area contributed by atoms with E-state index in [4.69, 9.17) is 0 Å². The lowest BCUT2D eigenvalue weighted by Crippen LogP contribution is -2.37. The van der Waals surface area contributed by atoms with Gasteiger partial charge in [0.2, 0.25) is 11.7 Å². The number of nitrogens with one attached hydrogen (secondary N) is 1. The van der Waals surface area contributed by atoms with E-state index < -0.39 is 12.2 Å². The molecular formula is C9H12F2N4O2. The van der Waals surface area contributed by atoms with Crippen LogP contribution in [0.2, 0.25) is 0 Å². The first-order valence-electron chi connectivity index (χ1n) is 5.30. The van der Waals surface area contributed by atoms with Gasteiger partial charge >= 0.3 is 12.5 Å². The number of halogens is 2. The summed E-state index contributed by atoms with van der Waals surface area (Å²) >= 11 is 0. The third-order valence-electron chi connectivity index (χ3n) is 2.46. The van der Waals surface area contributed by atoms with Crippen LogP contribution >= 0.6 is 0 Å². The zero-order valence-electron chi connectivity index (χ0n) is 9.03. The van der Waals surface area contributed by atoms with E-state index in [9.17, 15) is 13.6 Å². The molecule has 1 aliphatic rings. The van der Waals surface area contributed by atoms with Crippen molar-refractivity contribution >= 4 is 6.03 Å². The van der Waals surface area contributed by atoms with Crippen molar-refractivity contribution in [2.75, 3.05) is 13.1 Å². The fraction of sp³-hybridized carbons (Fsp3) is 0.667. The van der Waals surface area contributed by atoms with Crippen LogP contribution in [0, 0.1) is 0 Å². The fourth-order valence-corrected chi connectivity index (χ4v) is 1.61. The minimum atomic E-state index is -2.76. The molecule has 0 unspecified atom stereocenters. The largest absolute Gasteiger partial charge is 0.337 e. The molecule has 0 bridgehead atoms. The number of carbonyl (C=O) groups excluding carboxylic acids is 1. The van der Waals surface area contributed by atoms with Crippen molar-refractivity contribution in [3.8, 4) is 0 Å². The summed E-state index contributed by atoms with van der Waals surface area (Å²) in [7, 11) is 0. The Hall–Kier alpha value is -1.73. The molecule has 0 aromatic carbocycles. The number of alkyl halides is 2. The Morgan fingerprint density at radius 3 is 2.76 bits per heavy atom. The number of nitrogens with zero attached hydrogens (tertiary/aromatic N) is 3. The summed E-state index contributed by atoms with van der Waals surface area (Å²) in [6, 6.07) is -0.237. The lowest BCUT2D eigenvalue weighted by atomic mass is 10.4. The van der Waals surface area contributed by atoms with Gasteiger partial charge in [0.25, 0.3) is 0 Å². The summed E-state index contributed by atoms with van der Waals surface area (Å²) in [5, 5.41) is 5.63. The smallest absolute Gasteiger partial charge is 0.317 e. The number of amides is 2. The Morgan fingerprint density at radius 2 is 2.18 bits per heavy atom. The van der Waals surface area contributed by atoms with Gasteiger partial charge in [-0.25, -0.2) is 13.6 Å². The quantitative estimate of drug-likeness (QED) is 0.872. The van der Waals surface area contributed by atoms with E-state index in [1.54, 1.807) is 4.90 Å². The highest BCUT2D eigenvalue weighted by Gasteiger charge is 2.19. The van der Waals surface area contributed by atoms with Crippen LogP contribution in [-0.4, -0.2) is 34.2 Å². The summed E-state index contributed by atoms with van der Waals surface area (Å²) in [6.07, 6.45) is -0.783. The monoisotopic (exact) mass is 246 g/mol. The van der Waals surface area contributed by atoms with Gasteiger partial charge in [-0.15, -0.1) is 0 Å². The predicted molar refractivity (Wildman–Crippen MR) is 52.3 cm³/mol. The molecule has 1 saturated heterocycles. The first kappa shape index (κ1) is 11.7. The number of hydrogen-bond acceptors (Lipinski definition) is 4. The Kier molecular flexibility index (Phi) is 3.50. The second-order valence-corrected chi connectivity index (χ2v) is 3.70. The molecule has 0 atom stereocenters. The third kappa shape index (κ3) is 2.89. The molecular weight excluding hydrogens is 234 g/mol. The van der Waals surface area contributed by atoms with Crippen molar-refractivity contribution in [3.05, 3.63) is 11.7 Å². The summed E-state index contributed by atoms with van der Waals surface area (Å²) in [5.41, 5.74) is 0. The highest BCUT2D eigenvalue weighted by atomic mass is 19.3. The van der Waals surface area contributed by atoms with E-state index in [2.05, 4.69) is 20.0 Å². The predicted octanol–water partition coefficient (Wildman–Crippen LogP) is 1.31. The number of aromatic nitrogens is 2. The van der Waals surface area contributed by atoms with Gasteiger partial charge in [0.05, 0.1) is 6.54 Å². The van der Waals surface area contributed by atoms with Crippen LogP contribution in [0.4, 0.5) is 13.6 Å². The van der Waals surface area contributed by atoms with Crippen LogP contribution in [0.25, 0.3) is 0 Å². The molecule has 17 heavy (non-hydrogen) atoms. The summed E-state index contributed by atoms with van der Waals surface area (Å²) in [6.45, 7) is 1.41.